The van der Waals surface area contributed by atoms with Crippen molar-refractivity contribution in [3.8, 4) is 33.5 Å². The second-order valence-electron chi connectivity index (χ2n) is 22.2. The molecule has 5 aliphatic rings. The highest BCUT2D eigenvalue weighted by molar-refractivity contribution is 7.13. The molecule has 7 aromatic rings. The van der Waals surface area contributed by atoms with Crippen molar-refractivity contribution < 1.29 is 28.3 Å². The van der Waals surface area contributed by atoms with E-state index in [0.717, 1.165) is 129 Å². The SMILES string of the molecule is CCc1cccc2cc(O)cc(-c3ncc4c(N5CC6CCC(C5)N6)nc(OCCN5CC6CN(c7cc(C(C)C(C)C)on7)CC6C5)nc4c3F)c12.Cc1ncsc1-c1ccc(C(C)NC(=O)C2CCCN2C=O)cc1. The van der Waals surface area contributed by atoms with Crippen LogP contribution in [-0.2, 0) is 16.0 Å². The van der Waals surface area contributed by atoms with Gasteiger partial charge in [-0.2, -0.15) is 9.97 Å². The number of amides is 2. The smallest absolute Gasteiger partial charge is 0.319 e. The Balaban J connectivity index is 0.000000220. The van der Waals surface area contributed by atoms with Crippen molar-refractivity contribution in [2.75, 3.05) is 68.8 Å². The third kappa shape index (κ3) is 10.8. The van der Waals surface area contributed by atoms with Crippen LogP contribution in [0.15, 0.2) is 76.9 Å². The van der Waals surface area contributed by atoms with Gasteiger partial charge in [-0.05, 0) is 103 Å². The molecule has 7 unspecified atom stereocenters. The van der Waals surface area contributed by atoms with Gasteiger partial charge in [0.05, 0.1) is 27.5 Å². The van der Waals surface area contributed by atoms with Crippen LogP contribution < -0.4 is 25.2 Å². The Morgan fingerprint density at radius 3 is 2.43 bits per heavy atom. The number of phenolic OH excluding ortho intramolecular Hbond substituents is 1. The number of rotatable bonds is 15. The molecule has 18 heteroatoms. The molecule has 12 rings (SSSR count). The molecule has 5 fully saturated rings. The van der Waals surface area contributed by atoms with Crippen molar-refractivity contribution >= 4 is 57.0 Å². The lowest BCUT2D eigenvalue weighted by Crippen LogP contribution is -2.51. The fraction of sp³-hybridized carbons (Fsp3) is 0.475. The minimum atomic E-state index is -0.540. The number of carbonyl (C=O) groups is 2. The molecule has 77 heavy (non-hydrogen) atoms. The molecule has 9 heterocycles. The summed E-state index contributed by atoms with van der Waals surface area (Å²) in [6, 6.07) is 20.1. The number of anilines is 2. The zero-order valence-electron chi connectivity index (χ0n) is 44.9. The standard InChI is InChI=1S/C41H49FN8O3.C18H21N3O2S/c1-5-25-7-6-8-26-13-31(51)14-32(36(25)26)38-37(42)39-33(16-43-38)40(50-21-29-9-10-30(22-50)44-29)46-41(45-39)52-12-11-48-17-27-19-49(20-28(27)18-48)35-15-34(53-47-35)24(4)23(2)3;1-12(20-18(23)16-4-3-9-21(16)11-22)14-5-7-15(8-6-14)17-13(2)19-10-24-17/h6-8,13-16,23-24,27-30,44,51H,5,9-12,17-22H2,1-4H3;5-8,10-12,16H,3-4,9H2,1-2H3,(H,20,23). The minimum Gasteiger partial charge on any atom is -0.508 e. The monoisotopic (exact) mass is 1060 g/mol. The topological polar surface area (TPSA) is 178 Å². The van der Waals surface area contributed by atoms with Gasteiger partial charge >= 0.3 is 6.01 Å². The number of thiazole rings is 1. The van der Waals surface area contributed by atoms with Gasteiger partial charge in [0.2, 0.25) is 12.3 Å². The van der Waals surface area contributed by atoms with Gasteiger partial charge < -0.3 is 39.7 Å². The van der Waals surface area contributed by atoms with Gasteiger partial charge in [0.15, 0.2) is 11.6 Å². The molecule has 0 aliphatic carbocycles. The maximum absolute atomic E-state index is 16.9. The number of hydrogen-bond acceptors (Lipinski definition) is 15. The Labute approximate surface area is 453 Å². The normalized spacial score (nSPS) is 21.9. The average Bonchev–Trinajstić information content (AvgIpc) is 4.37. The van der Waals surface area contributed by atoms with E-state index in [1.807, 2.05) is 49.7 Å². The summed E-state index contributed by atoms with van der Waals surface area (Å²) in [4.78, 5) is 51.8. The van der Waals surface area contributed by atoms with E-state index in [1.54, 1.807) is 34.6 Å². The Morgan fingerprint density at radius 2 is 1.73 bits per heavy atom. The Bertz CT molecular complexity index is 3230. The van der Waals surface area contributed by atoms with E-state index in [9.17, 15) is 14.7 Å². The molecule has 0 spiro atoms. The first kappa shape index (κ1) is 52.3. The van der Waals surface area contributed by atoms with Gasteiger partial charge in [0.25, 0.3) is 0 Å². The third-order valence-corrected chi connectivity index (χ3v) is 17.8. The van der Waals surface area contributed by atoms with Crippen LogP contribution in [0.3, 0.4) is 0 Å². The molecular weight excluding hydrogens is 994 g/mol. The third-order valence-electron chi connectivity index (χ3n) is 16.8. The number of piperazine rings is 1. The van der Waals surface area contributed by atoms with E-state index < -0.39 is 5.82 Å². The molecule has 7 atom stereocenters. The van der Waals surface area contributed by atoms with Crippen molar-refractivity contribution in [1.82, 2.24) is 45.5 Å². The van der Waals surface area contributed by atoms with E-state index in [2.05, 4.69) is 81.4 Å². The Hall–Kier alpha value is -6.76. The van der Waals surface area contributed by atoms with Crippen LogP contribution in [0, 0.1) is 30.5 Å². The number of nitrogens with zero attached hydrogens (tertiary/aromatic N) is 9. The molecule has 404 valence electrons. The van der Waals surface area contributed by atoms with E-state index in [-0.39, 0.29) is 41.0 Å². The molecule has 16 nitrogen and oxygen atoms in total. The first-order valence-corrected chi connectivity index (χ1v) is 28.4. The van der Waals surface area contributed by atoms with Crippen LogP contribution in [0.5, 0.6) is 11.8 Å². The summed E-state index contributed by atoms with van der Waals surface area (Å²) in [5.41, 5.74) is 7.01. The quantitative estimate of drug-likeness (QED) is 0.0828. The fourth-order valence-corrected chi connectivity index (χ4v) is 13.1. The maximum atomic E-state index is 16.9. The van der Waals surface area contributed by atoms with E-state index in [1.165, 1.54) is 4.88 Å². The first-order valence-electron chi connectivity index (χ1n) is 27.5. The largest absolute Gasteiger partial charge is 0.508 e. The number of aromatic hydroxyl groups is 1. The zero-order chi connectivity index (χ0) is 53.5. The summed E-state index contributed by atoms with van der Waals surface area (Å²) in [7, 11) is 0. The number of likely N-dealkylation sites (tertiary alicyclic amines) is 2. The second-order valence-corrected chi connectivity index (χ2v) is 23.0. The molecule has 0 radical (unpaired) electrons. The fourth-order valence-electron chi connectivity index (χ4n) is 12.2. The lowest BCUT2D eigenvalue weighted by Gasteiger charge is -2.34. The van der Waals surface area contributed by atoms with Gasteiger partial charge in [0, 0.05) is 88.2 Å². The second kappa shape index (κ2) is 22.3. The van der Waals surface area contributed by atoms with Crippen LogP contribution in [0.2, 0.25) is 0 Å². The highest BCUT2D eigenvalue weighted by atomic mass is 32.1. The predicted molar refractivity (Wildman–Crippen MR) is 299 cm³/mol. The summed E-state index contributed by atoms with van der Waals surface area (Å²) in [5, 5.41) is 24.1. The number of fused-ring (bicyclic) bond motifs is 5. The van der Waals surface area contributed by atoms with Crippen molar-refractivity contribution in [1.29, 1.82) is 0 Å². The number of halogens is 1. The molecule has 3 N–H and O–H groups in total. The number of hydrogen-bond donors (Lipinski definition) is 3. The van der Waals surface area contributed by atoms with Gasteiger partial charge in [-0.25, -0.2) is 9.37 Å². The first-order chi connectivity index (χ1) is 37.3. The van der Waals surface area contributed by atoms with Crippen LogP contribution >= 0.6 is 11.3 Å². The van der Waals surface area contributed by atoms with Crippen molar-refractivity contribution in [2.45, 2.75) is 104 Å². The molecule has 3 aromatic carbocycles. The van der Waals surface area contributed by atoms with E-state index in [4.69, 9.17) is 24.2 Å². The number of ether oxygens (including phenoxy) is 1. The summed E-state index contributed by atoms with van der Waals surface area (Å²) in [6.45, 7) is 19.9. The zero-order valence-corrected chi connectivity index (χ0v) is 45.7. The van der Waals surface area contributed by atoms with Gasteiger partial charge in [-0.3, -0.25) is 19.5 Å². The van der Waals surface area contributed by atoms with Gasteiger partial charge in [-0.15, -0.1) is 11.3 Å². The highest BCUT2D eigenvalue weighted by Crippen LogP contribution is 2.40. The molecule has 5 aliphatic heterocycles. The Morgan fingerprint density at radius 1 is 0.961 bits per heavy atom. The van der Waals surface area contributed by atoms with Gasteiger partial charge in [-0.1, -0.05) is 75.3 Å². The average molecular weight is 1060 g/mol. The minimum absolute atomic E-state index is 0.0630. The van der Waals surface area contributed by atoms with Crippen LogP contribution in [0.1, 0.15) is 94.8 Å². The van der Waals surface area contributed by atoms with Crippen molar-refractivity contribution in [3.05, 3.63) is 101 Å². The lowest BCUT2D eigenvalue weighted by atomic mass is 9.95. The molecular formula is C59H70FN11O5S. The van der Waals surface area contributed by atoms with Gasteiger partial charge in [0.1, 0.15) is 41.2 Å². The maximum Gasteiger partial charge on any atom is 0.319 e. The summed E-state index contributed by atoms with van der Waals surface area (Å²) >= 11 is 1.63. The van der Waals surface area contributed by atoms with Crippen LogP contribution in [0.4, 0.5) is 16.0 Å². The molecule has 2 amide bonds. The van der Waals surface area contributed by atoms with Crippen molar-refractivity contribution in [3.63, 3.8) is 0 Å². The molecule has 2 bridgehead atoms. The Kier molecular flexibility index (Phi) is 15.1. The van der Waals surface area contributed by atoms with E-state index >= 15 is 4.39 Å². The van der Waals surface area contributed by atoms with Crippen LogP contribution in [0.25, 0.3) is 43.4 Å². The number of phenols is 1. The summed E-state index contributed by atoms with van der Waals surface area (Å²) < 4.78 is 28.9. The van der Waals surface area contributed by atoms with Crippen LogP contribution in [-0.4, -0.2) is 129 Å². The van der Waals surface area contributed by atoms with E-state index in [0.29, 0.717) is 65.7 Å². The number of pyridine rings is 1. The molecule has 0 saturated carbocycles. The highest BCUT2D eigenvalue weighted by Gasteiger charge is 2.41. The van der Waals surface area contributed by atoms with Crippen molar-refractivity contribution in [2.24, 2.45) is 17.8 Å². The number of benzene rings is 3. The number of carbonyl (C=O) groups excluding carboxylic acids is 2. The summed E-state index contributed by atoms with van der Waals surface area (Å²) in [5.74, 6) is 3.98. The summed E-state index contributed by atoms with van der Waals surface area (Å²) in [6.07, 6.45) is 7.07. The number of aryl methyl sites for hydroxylation is 2. The predicted octanol–water partition coefficient (Wildman–Crippen LogP) is 9.30. The lowest BCUT2D eigenvalue weighted by molar-refractivity contribution is -0.131. The molecule has 5 saturated heterocycles. The molecule has 4 aromatic heterocycles. The number of nitrogens with one attached hydrogen (secondary N) is 2. The number of aromatic nitrogens is 5.